The van der Waals surface area contributed by atoms with Crippen LogP contribution >= 0.6 is 22.6 Å². The van der Waals surface area contributed by atoms with E-state index < -0.39 is 32.7 Å². The van der Waals surface area contributed by atoms with Crippen molar-refractivity contribution in [2.75, 3.05) is 0 Å². The predicted molar refractivity (Wildman–Crippen MR) is 108 cm³/mol. The quantitative estimate of drug-likeness (QED) is 0.323. The molecule has 0 aromatic carbocycles. The van der Waals surface area contributed by atoms with Crippen LogP contribution in [-0.4, -0.2) is 43.3 Å². The molecule has 0 aromatic rings. The van der Waals surface area contributed by atoms with Crippen molar-refractivity contribution in [1.29, 1.82) is 0 Å². The third-order valence-electron chi connectivity index (χ3n) is 3.75. The Morgan fingerprint density at radius 1 is 1.04 bits per heavy atom. The van der Waals surface area contributed by atoms with E-state index in [1.807, 2.05) is 36.4 Å². The first-order chi connectivity index (χ1) is 11.7. The summed E-state index contributed by atoms with van der Waals surface area (Å²) in [7, 11) is 0. The Bertz CT molecular complexity index is 514. The maximum absolute atomic E-state index is 12.4. The Balaban J connectivity index is 0. The van der Waals surface area contributed by atoms with E-state index in [1.54, 1.807) is 20.8 Å². The minimum Gasteiger partial charge on any atom is -0.481 e. The molecule has 0 aliphatic carbocycles. The van der Waals surface area contributed by atoms with Crippen LogP contribution in [0, 0.1) is 11.3 Å². The number of halogens is 1. The van der Waals surface area contributed by atoms with E-state index in [4.69, 9.17) is 0 Å². The predicted octanol–water partition coefficient (Wildman–Crippen LogP) is 3.28. The molecule has 0 aliphatic rings. The zero-order valence-electron chi connectivity index (χ0n) is 16.7. The molecule has 0 saturated heterocycles. The first kappa shape index (κ1) is 27.0. The smallest absolute Gasteiger partial charge is 0.326 e. The Labute approximate surface area is 169 Å². The fourth-order valence-electron chi connectivity index (χ4n) is 2.13. The number of Topliss-reactive ketones (excluding diaryl/α,β-unsaturated/α-hetero) is 1. The maximum atomic E-state index is 12.4. The minimum atomic E-state index is -1.22. The van der Waals surface area contributed by atoms with Gasteiger partial charge in [0.1, 0.15) is 11.8 Å². The zero-order valence-corrected chi connectivity index (χ0v) is 18.8. The molecular weight excluding hydrogens is 453 g/mol. The number of hydrogen-bond donors (Lipinski definition) is 3. The lowest BCUT2D eigenvalue weighted by atomic mass is 9.83. The topological polar surface area (TPSA) is 121 Å². The van der Waals surface area contributed by atoms with Gasteiger partial charge in [-0.05, 0) is 33.6 Å². The molecule has 0 fully saturated rings. The average molecular weight is 485 g/mol. The summed E-state index contributed by atoms with van der Waals surface area (Å²) in [5.41, 5.74) is -1.13. The highest BCUT2D eigenvalue weighted by atomic mass is 127. The van der Waals surface area contributed by atoms with Gasteiger partial charge < -0.3 is 15.5 Å². The zero-order chi connectivity index (χ0) is 21.3. The van der Waals surface area contributed by atoms with Crippen LogP contribution in [0.1, 0.15) is 67.7 Å². The average Bonchev–Trinajstić information content (AvgIpc) is 2.51. The first-order valence-corrected chi connectivity index (χ1v) is 9.77. The van der Waals surface area contributed by atoms with Crippen molar-refractivity contribution >= 4 is 46.2 Å². The summed E-state index contributed by atoms with van der Waals surface area (Å²) < 4.78 is -1.09. The number of carboxylic acids is 2. The maximum Gasteiger partial charge on any atom is 0.326 e. The van der Waals surface area contributed by atoms with Gasteiger partial charge in [-0.1, -0.05) is 50.3 Å². The number of amides is 1. The molecule has 7 nitrogen and oxygen atoms in total. The van der Waals surface area contributed by atoms with E-state index in [-0.39, 0.29) is 31.0 Å². The Kier molecular flexibility index (Phi) is 12.0. The summed E-state index contributed by atoms with van der Waals surface area (Å²) in [6.07, 6.45) is 0.111. The van der Waals surface area contributed by atoms with Gasteiger partial charge in [-0.25, -0.2) is 4.79 Å². The number of carbonyl (C=O) groups excluding carboxylic acids is 2. The third-order valence-corrected chi connectivity index (χ3v) is 4.62. The summed E-state index contributed by atoms with van der Waals surface area (Å²) in [4.78, 5) is 46.6. The standard InChI is InChI=1S/C16H26INO6.C2H6/c1-9(2)11(19)7-6-10(12(20)21)18-13(22)16(5,17)8-15(3,4)14(23)24;1-2/h9-10H,6-8H2,1-5H3,(H,18,22)(H,20,21)(H,23,24);1-2H3/t10-,16?;/m0./s1. The number of carbonyl (C=O) groups is 4. The van der Waals surface area contributed by atoms with Crippen molar-refractivity contribution in [3.05, 3.63) is 0 Å². The second kappa shape index (κ2) is 11.5. The van der Waals surface area contributed by atoms with Gasteiger partial charge in [0.25, 0.3) is 0 Å². The third kappa shape index (κ3) is 9.49. The largest absolute Gasteiger partial charge is 0.481 e. The molecule has 8 heteroatoms. The molecule has 0 bridgehead atoms. The van der Waals surface area contributed by atoms with Gasteiger partial charge in [-0.2, -0.15) is 0 Å². The fourth-order valence-corrected chi connectivity index (χ4v) is 3.24. The van der Waals surface area contributed by atoms with Crippen molar-refractivity contribution in [1.82, 2.24) is 5.32 Å². The second-order valence-electron chi connectivity index (χ2n) is 7.09. The van der Waals surface area contributed by atoms with Gasteiger partial charge in [0.2, 0.25) is 5.91 Å². The van der Waals surface area contributed by atoms with Crippen LogP contribution < -0.4 is 5.32 Å². The number of rotatable bonds is 10. The SMILES string of the molecule is CC.CC(C)C(=O)CC[C@H](NC(=O)C(C)(I)CC(C)(C)C(=O)O)C(=O)O. The van der Waals surface area contributed by atoms with Crippen LogP contribution in [0.5, 0.6) is 0 Å². The van der Waals surface area contributed by atoms with Gasteiger partial charge in [0, 0.05) is 12.3 Å². The lowest BCUT2D eigenvalue weighted by molar-refractivity contribution is -0.148. The molecule has 0 radical (unpaired) electrons. The number of alkyl halides is 1. The molecular formula is C18H32INO6. The van der Waals surface area contributed by atoms with E-state index >= 15 is 0 Å². The lowest BCUT2D eigenvalue weighted by Gasteiger charge is -2.30. The highest BCUT2D eigenvalue weighted by Crippen LogP contribution is 2.34. The fraction of sp³-hybridized carbons (Fsp3) is 0.778. The Morgan fingerprint density at radius 3 is 1.85 bits per heavy atom. The van der Waals surface area contributed by atoms with Gasteiger partial charge >= 0.3 is 11.9 Å². The molecule has 0 heterocycles. The highest BCUT2D eigenvalue weighted by molar-refractivity contribution is 14.1. The van der Waals surface area contributed by atoms with Gasteiger partial charge in [0.15, 0.2) is 0 Å². The second-order valence-corrected chi connectivity index (χ2v) is 9.47. The lowest BCUT2D eigenvalue weighted by Crippen LogP contribution is -2.50. The molecule has 0 aliphatic heterocycles. The number of carboxylic acid groups (broad SMARTS) is 2. The van der Waals surface area contributed by atoms with E-state index in [2.05, 4.69) is 5.32 Å². The van der Waals surface area contributed by atoms with Crippen molar-refractivity contribution in [3.63, 3.8) is 0 Å². The summed E-state index contributed by atoms with van der Waals surface area (Å²) in [6.45, 7) is 12.0. The van der Waals surface area contributed by atoms with Gasteiger partial charge in [-0.15, -0.1) is 0 Å². The highest BCUT2D eigenvalue weighted by Gasteiger charge is 2.41. The molecule has 3 N–H and O–H groups in total. The van der Waals surface area contributed by atoms with Gasteiger partial charge in [-0.3, -0.25) is 14.4 Å². The Hall–Kier alpha value is -1.19. The molecule has 1 amide bonds. The van der Waals surface area contributed by atoms with E-state index in [9.17, 15) is 29.4 Å². The van der Waals surface area contributed by atoms with Crippen molar-refractivity contribution < 1.29 is 29.4 Å². The van der Waals surface area contributed by atoms with E-state index in [0.717, 1.165) is 0 Å². The van der Waals surface area contributed by atoms with Crippen molar-refractivity contribution in [2.45, 2.75) is 77.2 Å². The molecule has 0 rings (SSSR count). The van der Waals surface area contributed by atoms with Crippen LogP contribution in [-0.2, 0) is 19.2 Å². The van der Waals surface area contributed by atoms with Crippen LogP contribution in [0.25, 0.3) is 0 Å². The molecule has 26 heavy (non-hydrogen) atoms. The molecule has 152 valence electrons. The first-order valence-electron chi connectivity index (χ1n) is 8.69. The number of hydrogen-bond acceptors (Lipinski definition) is 4. The summed E-state index contributed by atoms with van der Waals surface area (Å²) in [5, 5.41) is 20.8. The molecule has 0 saturated carbocycles. The molecule has 0 aromatic heterocycles. The number of aliphatic carboxylic acids is 2. The summed E-state index contributed by atoms with van der Waals surface area (Å²) in [5.74, 6) is -3.07. The minimum absolute atomic E-state index is 0.00707. The van der Waals surface area contributed by atoms with Crippen LogP contribution in [0.15, 0.2) is 0 Å². The van der Waals surface area contributed by atoms with Crippen LogP contribution in [0.3, 0.4) is 0 Å². The summed E-state index contributed by atoms with van der Waals surface area (Å²) in [6, 6.07) is -1.18. The van der Waals surface area contributed by atoms with Crippen LogP contribution in [0.4, 0.5) is 0 Å². The number of ketones is 1. The Morgan fingerprint density at radius 2 is 1.50 bits per heavy atom. The summed E-state index contributed by atoms with van der Waals surface area (Å²) >= 11 is 1.83. The number of nitrogens with one attached hydrogen (secondary N) is 1. The van der Waals surface area contributed by atoms with Gasteiger partial charge in [0.05, 0.1) is 8.84 Å². The van der Waals surface area contributed by atoms with Crippen molar-refractivity contribution in [3.8, 4) is 0 Å². The molecule has 2 atom stereocenters. The normalized spacial score (nSPS) is 14.5. The van der Waals surface area contributed by atoms with E-state index in [0.29, 0.717) is 0 Å². The van der Waals surface area contributed by atoms with E-state index in [1.165, 1.54) is 13.8 Å². The monoisotopic (exact) mass is 485 g/mol. The van der Waals surface area contributed by atoms with Crippen molar-refractivity contribution in [2.24, 2.45) is 11.3 Å². The molecule has 0 spiro atoms. The van der Waals surface area contributed by atoms with Crippen LogP contribution in [0.2, 0.25) is 0 Å². The molecule has 1 unspecified atom stereocenters.